The van der Waals surface area contributed by atoms with Crippen molar-refractivity contribution in [3.05, 3.63) is 38.7 Å². The molecule has 0 unspecified atom stereocenters. The number of nitrogens with one attached hydrogen (secondary N) is 3. The summed E-state index contributed by atoms with van der Waals surface area (Å²) in [6.07, 6.45) is 0. The minimum absolute atomic E-state index is 0. The first-order chi connectivity index (χ1) is 11.0. The SMILES string of the molecule is CCNCCNC(=O)c1sccc1S(=O)(=O)NCc1cccs1.Cl. The number of thiophene rings is 2. The Labute approximate surface area is 156 Å². The second-order valence-corrected chi connectivity index (χ2v) is 8.31. The van der Waals surface area contributed by atoms with Crippen LogP contribution in [0.2, 0.25) is 0 Å². The van der Waals surface area contributed by atoms with Crippen LogP contribution >= 0.6 is 35.1 Å². The van der Waals surface area contributed by atoms with Gasteiger partial charge in [-0.2, -0.15) is 0 Å². The lowest BCUT2D eigenvalue weighted by atomic mass is 10.4. The van der Waals surface area contributed by atoms with E-state index in [1.54, 1.807) is 5.38 Å². The molecule has 24 heavy (non-hydrogen) atoms. The number of hydrogen-bond acceptors (Lipinski definition) is 6. The van der Waals surface area contributed by atoms with Gasteiger partial charge in [0, 0.05) is 24.5 Å². The summed E-state index contributed by atoms with van der Waals surface area (Å²) < 4.78 is 27.3. The van der Waals surface area contributed by atoms with Gasteiger partial charge in [-0.3, -0.25) is 4.79 Å². The van der Waals surface area contributed by atoms with E-state index in [1.165, 1.54) is 17.4 Å². The second-order valence-electron chi connectivity index (χ2n) is 4.63. The van der Waals surface area contributed by atoms with Gasteiger partial charge < -0.3 is 10.6 Å². The van der Waals surface area contributed by atoms with Crippen LogP contribution in [0.15, 0.2) is 33.9 Å². The van der Waals surface area contributed by atoms with E-state index in [9.17, 15) is 13.2 Å². The number of carbonyl (C=O) groups is 1. The van der Waals surface area contributed by atoms with Crippen molar-refractivity contribution in [2.75, 3.05) is 19.6 Å². The van der Waals surface area contributed by atoms with Gasteiger partial charge in [0.25, 0.3) is 5.91 Å². The molecule has 0 atom stereocenters. The molecule has 134 valence electrons. The van der Waals surface area contributed by atoms with Gasteiger partial charge >= 0.3 is 0 Å². The Morgan fingerprint density at radius 3 is 2.62 bits per heavy atom. The van der Waals surface area contributed by atoms with E-state index >= 15 is 0 Å². The van der Waals surface area contributed by atoms with E-state index < -0.39 is 10.0 Å². The predicted octanol–water partition coefficient (Wildman–Crippen LogP) is 2.05. The summed E-state index contributed by atoms with van der Waals surface area (Å²) in [6, 6.07) is 5.18. The first-order valence-electron chi connectivity index (χ1n) is 7.13. The van der Waals surface area contributed by atoms with E-state index in [4.69, 9.17) is 0 Å². The molecular weight excluding hydrogens is 390 g/mol. The van der Waals surface area contributed by atoms with Crippen molar-refractivity contribution in [1.82, 2.24) is 15.4 Å². The molecule has 0 aliphatic carbocycles. The maximum Gasteiger partial charge on any atom is 0.262 e. The van der Waals surface area contributed by atoms with Crippen molar-refractivity contribution >= 4 is 51.0 Å². The molecule has 0 aliphatic heterocycles. The molecule has 6 nitrogen and oxygen atoms in total. The Morgan fingerprint density at radius 1 is 1.17 bits per heavy atom. The van der Waals surface area contributed by atoms with Crippen LogP contribution in [0.5, 0.6) is 0 Å². The molecular formula is C14H20ClN3O3S3. The quantitative estimate of drug-likeness (QED) is 0.553. The van der Waals surface area contributed by atoms with Crippen molar-refractivity contribution in [3.63, 3.8) is 0 Å². The van der Waals surface area contributed by atoms with Gasteiger partial charge in [0.2, 0.25) is 10.0 Å². The number of carbonyl (C=O) groups excluding carboxylic acids is 1. The first kappa shape index (κ1) is 21.1. The molecule has 2 rings (SSSR count). The van der Waals surface area contributed by atoms with Gasteiger partial charge in [-0.05, 0) is 29.4 Å². The fourth-order valence-electron chi connectivity index (χ4n) is 1.85. The van der Waals surface area contributed by atoms with E-state index in [-0.39, 0.29) is 34.6 Å². The molecule has 10 heteroatoms. The average molecular weight is 410 g/mol. The van der Waals surface area contributed by atoms with E-state index in [0.717, 1.165) is 22.8 Å². The van der Waals surface area contributed by atoms with Gasteiger partial charge in [0.15, 0.2) is 0 Å². The lowest BCUT2D eigenvalue weighted by Gasteiger charge is -2.08. The number of likely N-dealkylation sites (N-methyl/N-ethyl adjacent to an activating group) is 1. The third kappa shape index (κ3) is 5.83. The standard InChI is InChI=1S/C14H19N3O3S3.ClH/c1-2-15-6-7-16-14(18)13-12(5-9-22-13)23(19,20)17-10-11-4-3-8-21-11;/h3-5,8-9,15,17H,2,6-7,10H2,1H3,(H,16,18);1H. The van der Waals surface area contributed by atoms with Crippen LogP contribution in [0.3, 0.4) is 0 Å². The minimum atomic E-state index is -3.71. The highest BCUT2D eigenvalue weighted by Gasteiger charge is 2.23. The number of halogens is 1. The van der Waals surface area contributed by atoms with Crippen molar-refractivity contribution in [3.8, 4) is 0 Å². The van der Waals surface area contributed by atoms with Gasteiger partial charge in [-0.1, -0.05) is 13.0 Å². The average Bonchev–Trinajstić information content (AvgIpc) is 3.20. The van der Waals surface area contributed by atoms with Crippen molar-refractivity contribution < 1.29 is 13.2 Å². The van der Waals surface area contributed by atoms with E-state index in [0.29, 0.717) is 13.1 Å². The lowest BCUT2D eigenvalue weighted by Crippen LogP contribution is -2.32. The summed E-state index contributed by atoms with van der Waals surface area (Å²) in [4.78, 5) is 13.3. The summed E-state index contributed by atoms with van der Waals surface area (Å²) in [5.41, 5.74) is 0. The van der Waals surface area contributed by atoms with E-state index in [2.05, 4.69) is 15.4 Å². The Balaban J connectivity index is 0.00000288. The Hall–Kier alpha value is -0.970. The number of amides is 1. The molecule has 1 amide bonds. The highest BCUT2D eigenvalue weighted by Crippen LogP contribution is 2.22. The monoisotopic (exact) mass is 409 g/mol. The molecule has 0 aliphatic rings. The largest absolute Gasteiger partial charge is 0.350 e. The molecule has 3 N–H and O–H groups in total. The number of hydrogen-bond donors (Lipinski definition) is 3. The smallest absolute Gasteiger partial charge is 0.262 e. The molecule has 2 aromatic rings. The Morgan fingerprint density at radius 2 is 1.96 bits per heavy atom. The fourth-order valence-corrected chi connectivity index (χ4v) is 4.94. The highest BCUT2D eigenvalue weighted by atomic mass is 35.5. The molecule has 0 saturated heterocycles. The lowest BCUT2D eigenvalue weighted by molar-refractivity contribution is 0.0955. The second kappa shape index (κ2) is 10.1. The van der Waals surface area contributed by atoms with Crippen LogP contribution in [0.4, 0.5) is 0 Å². The first-order valence-corrected chi connectivity index (χ1v) is 10.4. The minimum Gasteiger partial charge on any atom is -0.350 e. The zero-order valence-electron chi connectivity index (χ0n) is 13.1. The molecule has 0 fully saturated rings. The Kier molecular flexibility index (Phi) is 8.88. The molecule has 0 radical (unpaired) electrons. The number of sulfonamides is 1. The molecule has 0 saturated carbocycles. The summed E-state index contributed by atoms with van der Waals surface area (Å²) >= 11 is 2.60. The summed E-state index contributed by atoms with van der Waals surface area (Å²) in [7, 11) is -3.71. The van der Waals surface area contributed by atoms with Crippen LogP contribution in [0, 0.1) is 0 Å². The van der Waals surface area contributed by atoms with Gasteiger partial charge in [0.05, 0.1) is 0 Å². The topological polar surface area (TPSA) is 87.3 Å². The molecule has 2 heterocycles. The summed E-state index contributed by atoms with van der Waals surface area (Å²) in [6.45, 7) is 4.11. The van der Waals surface area contributed by atoms with Gasteiger partial charge in [0.1, 0.15) is 9.77 Å². The molecule has 0 spiro atoms. The molecule has 2 aromatic heterocycles. The third-order valence-electron chi connectivity index (χ3n) is 2.98. The normalized spacial score (nSPS) is 11.0. The van der Waals surface area contributed by atoms with Crippen molar-refractivity contribution in [2.45, 2.75) is 18.4 Å². The fraction of sp³-hybridized carbons (Fsp3) is 0.357. The zero-order chi connectivity index (χ0) is 16.7. The zero-order valence-corrected chi connectivity index (χ0v) is 16.3. The van der Waals surface area contributed by atoms with Crippen molar-refractivity contribution in [2.24, 2.45) is 0 Å². The van der Waals surface area contributed by atoms with Crippen LogP contribution in [0.1, 0.15) is 21.5 Å². The highest BCUT2D eigenvalue weighted by molar-refractivity contribution is 7.89. The van der Waals surface area contributed by atoms with Crippen LogP contribution < -0.4 is 15.4 Å². The van der Waals surface area contributed by atoms with Gasteiger partial charge in [-0.25, -0.2) is 13.1 Å². The number of rotatable bonds is 9. The maximum atomic E-state index is 12.4. The maximum absolute atomic E-state index is 12.4. The van der Waals surface area contributed by atoms with Crippen LogP contribution in [-0.4, -0.2) is 34.0 Å². The van der Waals surface area contributed by atoms with Gasteiger partial charge in [-0.15, -0.1) is 35.1 Å². The van der Waals surface area contributed by atoms with Crippen LogP contribution in [0.25, 0.3) is 0 Å². The van der Waals surface area contributed by atoms with E-state index in [1.807, 2.05) is 24.4 Å². The summed E-state index contributed by atoms with van der Waals surface area (Å²) in [5, 5.41) is 9.31. The summed E-state index contributed by atoms with van der Waals surface area (Å²) in [5.74, 6) is -0.366. The Bertz CT molecular complexity index is 730. The van der Waals surface area contributed by atoms with Crippen LogP contribution in [-0.2, 0) is 16.6 Å². The predicted molar refractivity (Wildman–Crippen MR) is 101 cm³/mol. The molecule has 0 bridgehead atoms. The van der Waals surface area contributed by atoms with Crippen molar-refractivity contribution in [1.29, 1.82) is 0 Å². The molecule has 0 aromatic carbocycles. The third-order valence-corrected chi connectivity index (χ3v) is 6.34.